The van der Waals surface area contributed by atoms with Crippen molar-refractivity contribution < 1.29 is 17.9 Å². The molecular weight excluding hydrogens is 352 g/mol. The first kappa shape index (κ1) is 19.8. The van der Waals surface area contributed by atoms with Gasteiger partial charge in [0.25, 0.3) is 15.9 Å². The molecule has 0 bridgehead atoms. The summed E-state index contributed by atoms with van der Waals surface area (Å²) in [6, 6.07) is 12.5. The molecule has 0 aromatic heterocycles. The topological polar surface area (TPSA) is 84.5 Å². The molecule has 0 aliphatic carbocycles. The van der Waals surface area contributed by atoms with Crippen LogP contribution in [0.5, 0.6) is 5.75 Å². The maximum Gasteiger partial charge on any atom is 0.261 e. The van der Waals surface area contributed by atoms with Gasteiger partial charge in [0, 0.05) is 17.8 Å². The van der Waals surface area contributed by atoms with Gasteiger partial charge in [0.15, 0.2) is 0 Å². The minimum Gasteiger partial charge on any atom is -0.497 e. The molecule has 0 aliphatic rings. The van der Waals surface area contributed by atoms with Crippen LogP contribution in [0.3, 0.4) is 0 Å². The third-order valence-corrected chi connectivity index (χ3v) is 5.23. The van der Waals surface area contributed by atoms with Crippen LogP contribution in [0.1, 0.15) is 36.5 Å². The van der Waals surface area contributed by atoms with Gasteiger partial charge in [-0.25, -0.2) is 8.42 Å². The van der Waals surface area contributed by atoms with E-state index in [2.05, 4.69) is 17.0 Å². The molecule has 0 saturated carbocycles. The fourth-order valence-electron chi connectivity index (χ4n) is 2.34. The molecule has 0 aliphatic heterocycles. The number of hydrogen-bond acceptors (Lipinski definition) is 4. The number of amides is 1. The Morgan fingerprint density at radius 1 is 1.00 bits per heavy atom. The second kappa shape index (κ2) is 9.24. The van der Waals surface area contributed by atoms with E-state index in [1.807, 2.05) is 0 Å². The van der Waals surface area contributed by atoms with Gasteiger partial charge in [-0.1, -0.05) is 19.8 Å². The van der Waals surface area contributed by atoms with Crippen LogP contribution >= 0.6 is 0 Å². The first-order valence-corrected chi connectivity index (χ1v) is 9.99. The van der Waals surface area contributed by atoms with Crippen molar-refractivity contribution in [1.29, 1.82) is 0 Å². The van der Waals surface area contributed by atoms with Crippen LogP contribution < -0.4 is 14.8 Å². The zero-order chi connectivity index (χ0) is 19.0. The molecule has 0 atom stereocenters. The fraction of sp³-hybridized carbons (Fsp3) is 0.316. The lowest BCUT2D eigenvalue weighted by Gasteiger charge is -2.10. The van der Waals surface area contributed by atoms with Gasteiger partial charge in [0.1, 0.15) is 5.75 Å². The average molecular weight is 376 g/mol. The van der Waals surface area contributed by atoms with Crippen LogP contribution in [-0.2, 0) is 10.0 Å². The molecule has 2 rings (SSSR count). The molecule has 26 heavy (non-hydrogen) atoms. The smallest absolute Gasteiger partial charge is 0.261 e. The molecule has 6 nitrogen and oxygen atoms in total. The highest BCUT2D eigenvalue weighted by Gasteiger charge is 2.15. The lowest BCUT2D eigenvalue weighted by Crippen LogP contribution is -2.24. The Morgan fingerprint density at radius 2 is 1.65 bits per heavy atom. The van der Waals surface area contributed by atoms with Crippen molar-refractivity contribution in [3.05, 3.63) is 54.1 Å². The van der Waals surface area contributed by atoms with Crippen LogP contribution in [0.2, 0.25) is 0 Å². The number of rotatable bonds is 9. The van der Waals surface area contributed by atoms with E-state index < -0.39 is 10.0 Å². The quantitative estimate of drug-likeness (QED) is 0.657. The first-order chi connectivity index (χ1) is 12.5. The highest BCUT2D eigenvalue weighted by molar-refractivity contribution is 7.92. The predicted octanol–water partition coefficient (Wildman–Crippen LogP) is 3.42. The van der Waals surface area contributed by atoms with Gasteiger partial charge < -0.3 is 10.1 Å². The van der Waals surface area contributed by atoms with Crippen molar-refractivity contribution >= 4 is 21.6 Å². The van der Waals surface area contributed by atoms with Crippen molar-refractivity contribution in [3.8, 4) is 5.75 Å². The third kappa shape index (κ3) is 5.49. The van der Waals surface area contributed by atoms with E-state index in [0.717, 1.165) is 19.3 Å². The molecule has 0 fully saturated rings. The van der Waals surface area contributed by atoms with E-state index in [1.54, 1.807) is 31.4 Å². The van der Waals surface area contributed by atoms with E-state index in [0.29, 0.717) is 23.5 Å². The minimum atomic E-state index is -3.72. The fourth-order valence-corrected chi connectivity index (χ4v) is 3.40. The van der Waals surface area contributed by atoms with E-state index in [-0.39, 0.29) is 10.8 Å². The number of benzene rings is 2. The van der Waals surface area contributed by atoms with Crippen LogP contribution in [0, 0.1) is 0 Å². The van der Waals surface area contributed by atoms with Gasteiger partial charge in [0.2, 0.25) is 0 Å². The molecule has 2 aromatic carbocycles. The van der Waals surface area contributed by atoms with Gasteiger partial charge in [-0.2, -0.15) is 0 Å². The van der Waals surface area contributed by atoms with Crippen molar-refractivity contribution in [3.63, 3.8) is 0 Å². The summed E-state index contributed by atoms with van der Waals surface area (Å²) in [5.74, 6) is 0.440. The maximum absolute atomic E-state index is 12.4. The molecule has 0 radical (unpaired) electrons. The van der Waals surface area contributed by atoms with Crippen molar-refractivity contribution in [2.24, 2.45) is 0 Å². The Bertz CT molecular complexity index is 816. The number of carbonyl (C=O) groups is 1. The summed E-state index contributed by atoms with van der Waals surface area (Å²) in [7, 11) is -2.18. The van der Waals surface area contributed by atoms with Crippen molar-refractivity contribution in [2.45, 2.75) is 31.1 Å². The largest absolute Gasteiger partial charge is 0.497 e. The summed E-state index contributed by atoms with van der Waals surface area (Å²) in [5.41, 5.74) is 0.869. The number of methoxy groups -OCH3 is 1. The zero-order valence-electron chi connectivity index (χ0n) is 15.0. The lowest BCUT2D eigenvalue weighted by atomic mass is 10.2. The molecule has 2 N–H and O–H groups in total. The standard InChI is InChI=1S/C19H24N2O4S/c1-3-4-5-14-20-19(22)15-6-12-18(13-7-15)26(23,24)21-16-8-10-17(25-2)11-9-16/h6-13,21H,3-5,14H2,1-2H3,(H,20,22). The Labute approximate surface area is 154 Å². The monoisotopic (exact) mass is 376 g/mol. The van der Waals surface area contributed by atoms with Crippen LogP contribution in [-0.4, -0.2) is 28.0 Å². The molecule has 0 spiro atoms. The third-order valence-electron chi connectivity index (χ3n) is 3.83. The molecular formula is C19H24N2O4S. The van der Waals surface area contributed by atoms with Gasteiger partial charge in [0.05, 0.1) is 12.0 Å². The number of ether oxygens (including phenoxy) is 1. The highest BCUT2D eigenvalue weighted by Crippen LogP contribution is 2.19. The van der Waals surface area contributed by atoms with Crippen LogP contribution in [0.15, 0.2) is 53.4 Å². The molecule has 1 amide bonds. The summed E-state index contributed by atoms with van der Waals surface area (Å²) < 4.78 is 32.4. The summed E-state index contributed by atoms with van der Waals surface area (Å²) >= 11 is 0. The van der Waals surface area contributed by atoms with Gasteiger partial charge in [-0.15, -0.1) is 0 Å². The normalized spacial score (nSPS) is 11.0. The maximum atomic E-state index is 12.4. The van der Waals surface area contributed by atoms with E-state index in [1.165, 1.54) is 24.3 Å². The Hall–Kier alpha value is -2.54. The lowest BCUT2D eigenvalue weighted by molar-refractivity contribution is 0.0953. The van der Waals surface area contributed by atoms with Gasteiger partial charge in [-0.3, -0.25) is 9.52 Å². The number of unbranched alkanes of at least 4 members (excludes halogenated alkanes) is 2. The molecule has 0 heterocycles. The molecule has 140 valence electrons. The first-order valence-electron chi connectivity index (χ1n) is 8.51. The molecule has 0 saturated heterocycles. The SMILES string of the molecule is CCCCCNC(=O)c1ccc(S(=O)(=O)Nc2ccc(OC)cc2)cc1. The highest BCUT2D eigenvalue weighted by atomic mass is 32.2. The molecule has 2 aromatic rings. The summed E-state index contributed by atoms with van der Waals surface area (Å²) in [6.45, 7) is 2.71. The predicted molar refractivity (Wildman–Crippen MR) is 102 cm³/mol. The minimum absolute atomic E-state index is 0.0934. The Morgan fingerprint density at radius 3 is 2.23 bits per heavy atom. The summed E-state index contributed by atoms with van der Waals surface area (Å²) in [6.07, 6.45) is 3.08. The van der Waals surface area contributed by atoms with Crippen LogP contribution in [0.25, 0.3) is 0 Å². The second-order valence-electron chi connectivity index (χ2n) is 5.82. The summed E-state index contributed by atoms with van der Waals surface area (Å²) in [4.78, 5) is 12.1. The molecule has 7 heteroatoms. The number of sulfonamides is 1. The van der Waals surface area contributed by atoms with Gasteiger partial charge in [-0.05, 0) is 55.0 Å². The zero-order valence-corrected chi connectivity index (χ0v) is 15.8. The van der Waals surface area contributed by atoms with Crippen molar-refractivity contribution in [1.82, 2.24) is 5.32 Å². The second-order valence-corrected chi connectivity index (χ2v) is 7.50. The van der Waals surface area contributed by atoms with E-state index in [9.17, 15) is 13.2 Å². The van der Waals surface area contributed by atoms with Gasteiger partial charge >= 0.3 is 0 Å². The summed E-state index contributed by atoms with van der Waals surface area (Å²) in [5, 5.41) is 2.83. The number of nitrogens with one attached hydrogen (secondary N) is 2. The number of carbonyl (C=O) groups excluding carboxylic acids is 1. The van der Waals surface area contributed by atoms with E-state index >= 15 is 0 Å². The Kier molecular flexibility index (Phi) is 7.03. The van der Waals surface area contributed by atoms with E-state index in [4.69, 9.17) is 4.74 Å². The number of hydrogen-bond donors (Lipinski definition) is 2. The van der Waals surface area contributed by atoms with Crippen molar-refractivity contribution in [2.75, 3.05) is 18.4 Å². The van der Waals surface area contributed by atoms with Crippen LogP contribution in [0.4, 0.5) is 5.69 Å². The Balaban J connectivity index is 2.02. The molecule has 0 unspecified atom stereocenters. The average Bonchev–Trinajstić information content (AvgIpc) is 2.65. The number of anilines is 1.